The Morgan fingerprint density at radius 1 is 1.12 bits per heavy atom. The number of nitrogens with zero attached hydrogens (tertiary/aromatic N) is 1. The highest BCUT2D eigenvalue weighted by Gasteiger charge is 2.09. The monoisotopic (exact) mass is 389 g/mol. The van der Waals surface area contributed by atoms with Crippen LogP contribution in [0.2, 0.25) is 10.0 Å². The van der Waals surface area contributed by atoms with Crippen LogP contribution in [-0.4, -0.2) is 17.4 Å². The maximum atomic E-state index is 12.2. The van der Waals surface area contributed by atoms with Gasteiger partial charge >= 0.3 is 0 Å². The molecule has 1 aromatic heterocycles. The maximum Gasteiger partial charge on any atom is 0.255 e. The molecule has 4 nitrogen and oxygen atoms in total. The Kier molecular flexibility index (Phi) is 6.53. The zero-order valence-electron chi connectivity index (χ0n) is 14.4. The quantitative estimate of drug-likeness (QED) is 0.600. The van der Waals surface area contributed by atoms with Crippen LogP contribution in [-0.2, 0) is 0 Å². The predicted molar refractivity (Wildman–Crippen MR) is 108 cm³/mol. The molecule has 0 fully saturated rings. The number of pyridine rings is 1. The Hall–Kier alpha value is -2.04. The van der Waals surface area contributed by atoms with Gasteiger partial charge in [0.1, 0.15) is 5.82 Å². The number of amides is 1. The minimum absolute atomic E-state index is 0.254. The predicted octanol–water partition coefficient (Wildman–Crippen LogP) is 5.94. The minimum atomic E-state index is -0.254. The second kappa shape index (κ2) is 9.06. The fraction of sp³-hybridized carbons (Fsp3) is 0.300. The minimum Gasteiger partial charge on any atom is -0.370 e. The topological polar surface area (TPSA) is 54.0 Å². The summed E-state index contributed by atoms with van der Waals surface area (Å²) < 4.78 is 0. The number of allylic oxidation sites excluding steroid dienone is 1. The Labute approximate surface area is 163 Å². The summed E-state index contributed by atoms with van der Waals surface area (Å²) in [4.78, 5) is 16.6. The van der Waals surface area contributed by atoms with Gasteiger partial charge in [0.2, 0.25) is 0 Å². The molecular weight excluding hydrogens is 369 g/mol. The van der Waals surface area contributed by atoms with Crippen LogP contribution in [0.15, 0.2) is 48.2 Å². The fourth-order valence-corrected chi connectivity index (χ4v) is 3.19. The number of hydrogen-bond donors (Lipinski definition) is 2. The van der Waals surface area contributed by atoms with E-state index < -0.39 is 0 Å². The zero-order chi connectivity index (χ0) is 18.4. The van der Waals surface area contributed by atoms with Gasteiger partial charge in [0.15, 0.2) is 0 Å². The molecule has 2 N–H and O–H groups in total. The molecule has 0 saturated carbocycles. The summed E-state index contributed by atoms with van der Waals surface area (Å²) >= 11 is 11.8. The van der Waals surface area contributed by atoms with Gasteiger partial charge in [-0.3, -0.25) is 4.79 Å². The average molecular weight is 390 g/mol. The fourth-order valence-electron chi connectivity index (χ4n) is 2.90. The molecule has 0 saturated heterocycles. The zero-order valence-corrected chi connectivity index (χ0v) is 15.9. The molecule has 6 heteroatoms. The molecule has 0 unspecified atom stereocenters. The molecule has 1 aliphatic carbocycles. The van der Waals surface area contributed by atoms with Gasteiger partial charge in [-0.25, -0.2) is 4.98 Å². The van der Waals surface area contributed by atoms with E-state index in [4.69, 9.17) is 23.2 Å². The van der Waals surface area contributed by atoms with Gasteiger partial charge in [0.05, 0.1) is 21.9 Å². The summed E-state index contributed by atoms with van der Waals surface area (Å²) in [5.74, 6) is 0.546. The van der Waals surface area contributed by atoms with Crippen molar-refractivity contribution in [2.45, 2.75) is 32.1 Å². The first-order chi connectivity index (χ1) is 12.6. The summed E-state index contributed by atoms with van der Waals surface area (Å²) in [5.41, 5.74) is 2.61. The normalized spacial score (nSPS) is 13.8. The highest BCUT2D eigenvalue weighted by molar-refractivity contribution is 6.42. The summed E-state index contributed by atoms with van der Waals surface area (Å²) in [6.45, 7) is 0.869. The summed E-state index contributed by atoms with van der Waals surface area (Å²) in [6, 6.07) is 8.46. The highest BCUT2D eigenvalue weighted by Crippen LogP contribution is 2.23. The van der Waals surface area contributed by atoms with E-state index in [1.807, 2.05) is 12.1 Å². The van der Waals surface area contributed by atoms with Crippen molar-refractivity contribution in [2.75, 3.05) is 17.2 Å². The first-order valence-corrected chi connectivity index (χ1v) is 9.51. The van der Waals surface area contributed by atoms with E-state index in [0.29, 0.717) is 21.3 Å². The van der Waals surface area contributed by atoms with Gasteiger partial charge in [-0.05, 0) is 62.4 Å². The number of rotatable bonds is 6. The molecular formula is C20H21Cl2N3O. The molecule has 2 aromatic rings. The van der Waals surface area contributed by atoms with Crippen molar-refractivity contribution in [3.8, 4) is 0 Å². The van der Waals surface area contributed by atoms with Crippen molar-refractivity contribution in [1.29, 1.82) is 0 Å². The van der Waals surface area contributed by atoms with Crippen LogP contribution in [0.25, 0.3) is 0 Å². The lowest BCUT2D eigenvalue weighted by Gasteiger charge is -2.13. The van der Waals surface area contributed by atoms with E-state index in [1.54, 1.807) is 24.4 Å². The number of benzene rings is 1. The van der Waals surface area contributed by atoms with E-state index >= 15 is 0 Å². The third kappa shape index (κ3) is 5.23. The maximum absolute atomic E-state index is 12.2. The Bertz CT molecular complexity index is 803. The first kappa shape index (κ1) is 18.7. The molecule has 0 spiro atoms. The van der Waals surface area contributed by atoms with Crippen LogP contribution in [0.1, 0.15) is 42.5 Å². The molecule has 1 aromatic carbocycles. The van der Waals surface area contributed by atoms with Crippen molar-refractivity contribution in [3.63, 3.8) is 0 Å². The molecule has 1 heterocycles. The summed E-state index contributed by atoms with van der Waals surface area (Å²) in [7, 11) is 0. The molecule has 26 heavy (non-hydrogen) atoms. The lowest BCUT2D eigenvalue weighted by molar-refractivity contribution is 0.102. The first-order valence-electron chi connectivity index (χ1n) is 8.76. The van der Waals surface area contributed by atoms with Crippen molar-refractivity contribution in [3.05, 3.63) is 63.8 Å². The summed E-state index contributed by atoms with van der Waals surface area (Å²) in [6.07, 6.45) is 10.1. The average Bonchev–Trinajstić information content (AvgIpc) is 2.66. The third-order valence-electron chi connectivity index (χ3n) is 4.34. The van der Waals surface area contributed by atoms with Crippen LogP contribution in [0, 0.1) is 0 Å². The Balaban J connectivity index is 1.51. The van der Waals surface area contributed by atoms with Crippen molar-refractivity contribution in [2.24, 2.45) is 0 Å². The van der Waals surface area contributed by atoms with Crippen LogP contribution >= 0.6 is 23.2 Å². The molecule has 0 radical (unpaired) electrons. The molecule has 0 atom stereocenters. The van der Waals surface area contributed by atoms with Crippen molar-refractivity contribution in [1.82, 2.24) is 4.98 Å². The summed E-state index contributed by atoms with van der Waals surface area (Å²) in [5, 5.41) is 6.89. The molecule has 0 bridgehead atoms. The van der Waals surface area contributed by atoms with Crippen LogP contribution in [0.3, 0.4) is 0 Å². The Morgan fingerprint density at radius 3 is 2.69 bits per heavy atom. The molecule has 136 valence electrons. The van der Waals surface area contributed by atoms with E-state index in [0.717, 1.165) is 18.8 Å². The van der Waals surface area contributed by atoms with Gasteiger partial charge in [-0.15, -0.1) is 0 Å². The number of hydrogen-bond acceptors (Lipinski definition) is 3. The van der Waals surface area contributed by atoms with Gasteiger partial charge in [0, 0.05) is 12.1 Å². The highest BCUT2D eigenvalue weighted by atomic mass is 35.5. The number of halogens is 2. The van der Waals surface area contributed by atoms with Crippen LogP contribution in [0.4, 0.5) is 11.5 Å². The van der Waals surface area contributed by atoms with Crippen LogP contribution in [0.5, 0.6) is 0 Å². The molecule has 0 aliphatic heterocycles. The lowest BCUT2D eigenvalue weighted by atomic mass is 9.97. The van der Waals surface area contributed by atoms with E-state index in [1.165, 1.54) is 31.3 Å². The van der Waals surface area contributed by atoms with Gasteiger partial charge < -0.3 is 10.6 Å². The number of nitrogens with one attached hydrogen (secondary N) is 2. The van der Waals surface area contributed by atoms with Gasteiger partial charge in [-0.1, -0.05) is 34.9 Å². The van der Waals surface area contributed by atoms with Gasteiger partial charge in [0.25, 0.3) is 5.91 Å². The smallest absolute Gasteiger partial charge is 0.255 e. The molecule has 3 rings (SSSR count). The third-order valence-corrected chi connectivity index (χ3v) is 5.08. The largest absolute Gasteiger partial charge is 0.370 e. The number of aromatic nitrogens is 1. The number of carbonyl (C=O) groups excluding carboxylic acids is 1. The van der Waals surface area contributed by atoms with Crippen molar-refractivity contribution < 1.29 is 4.79 Å². The van der Waals surface area contributed by atoms with E-state index in [2.05, 4.69) is 21.7 Å². The molecule has 1 aliphatic rings. The number of carbonyl (C=O) groups is 1. The SMILES string of the molecule is O=C(Nc1ccc(NCCC2=CCCCC2)nc1)c1ccc(Cl)c(Cl)c1. The van der Waals surface area contributed by atoms with Crippen LogP contribution < -0.4 is 10.6 Å². The van der Waals surface area contributed by atoms with E-state index in [9.17, 15) is 4.79 Å². The van der Waals surface area contributed by atoms with Crippen molar-refractivity contribution >= 4 is 40.6 Å². The second-order valence-electron chi connectivity index (χ2n) is 6.30. The second-order valence-corrected chi connectivity index (χ2v) is 7.11. The number of anilines is 2. The van der Waals surface area contributed by atoms with Gasteiger partial charge in [-0.2, -0.15) is 0 Å². The standard InChI is InChI=1S/C20H21Cl2N3O/c21-17-8-6-15(12-18(17)22)20(26)25-16-7-9-19(24-13-16)23-11-10-14-4-2-1-3-5-14/h4,6-9,12-13H,1-3,5,10-11H2,(H,23,24)(H,25,26). The molecule has 1 amide bonds. The lowest BCUT2D eigenvalue weighted by Crippen LogP contribution is -2.12. The van der Waals surface area contributed by atoms with E-state index in [-0.39, 0.29) is 5.91 Å². The Morgan fingerprint density at radius 2 is 2.00 bits per heavy atom.